The van der Waals surface area contributed by atoms with Gasteiger partial charge >= 0.3 is 0 Å². The summed E-state index contributed by atoms with van der Waals surface area (Å²) < 4.78 is 18.6. The fourth-order valence-corrected chi connectivity index (χ4v) is 1.43. The monoisotopic (exact) mass is 271 g/mol. The van der Waals surface area contributed by atoms with E-state index in [1.54, 1.807) is 18.2 Å². The Bertz CT molecular complexity index is 385. The molecule has 1 rings (SSSR count). The lowest BCUT2D eigenvalue weighted by atomic mass is 10.1. The van der Waals surface area contributed by atoms with Crippen LogP contribution in [0, 0.1) is 5.82 Å². The first-order valence-electron chi connectivity index (χ1n) is 6.30. The highest BCUT2D eigenvalue weighted by molar-refractivity contribution is 5.16. The number of aliphatic hydroxyl groups excluding tert-OH is 2. The number of benzene rings is 1. The van der Waals surface area contributed by atoms with Crippen molar-refractivity contribution in [1.82, 2.24) is 5.32 Å². The van der Waals surface area contributed by atoms with Gasteiger partial charge in [-0.1, -0.05) is 18.2 Å². The molecule has 0 saturated carbocycles. The molecule has 0 heterocycles. The Labute approximate surface area is 113 Å². The number of hydrogen-bond acceptors (Lipinski definition) is 4. The molecule has 0 amide bonds. The molecule has 1 unspecified atom stereocenters. The summed E-state index contributed by atoms with van der Waals surface area (Å²) in [5.41, 5.74) is 0.0327. The summed E-state index contributed by atoms with van der Waals surface area (Å²) in [4.78, 5) is 0. The summed E-state index contributed by atoms with van der Waals surface area (Å²) in [5, 5.41) is 21.8. The first kappa shape index (κ1) is 16.0. The smallest absolute Gasteiger partial charge is 0.128 e. The van der Waals surface area contributed by atoms with E-state index in [2.05, 4.69) is 5.32 Å². The normalized spacial score (nSPS) is 13.5. The molecule has 108 valence electrons. The summed E-state index contributed by atoms with van der Waals surface area (Å²) in [6.45, 7) is 4.20. The van der Waals surface area contributed by atoms with Crippen molar-refractivity contribution < 1.29 is 19.3 Å². The Hall–Kier alpha value is -1.01. The minimum absolute atomic E-state index is 0.0181. The standard InChI is InChI=1S/C14H22FNO3/c1-14(2,10-17)16-7-12(18)9-19-8-11-5-3-4-6-13(11)15/h3-6,12,16-18H,7-10H2,1-2H3. The van der Waals surface area contributed by atoms with Crippen LogP contribution in [-0.4, -0.2) is 41.6 Å². The molecule has 1 aromatic carbocycles. The summed E-state index contributed by atoms with van der Waals surface area (Å²) in [5.74, 6) is -0.309. The van der Waals surface area contributed by atoms with Crippen LogP contribution in [0.2, 0.25) is 0 Å². The maximum absolute atomic E-state index is 13.3. The Balaban J connectivity index is 2.24. The minimum Gasteiger partial charge on any atom is -0.394 e. The van der Waals surface area contributed by atoms with Crippen molar-refractivity contribution in [2.45, 2.75) is 32.1 Å². The fourth-order valence-electron chi connectivity index (χ4n) is 1.43. The molecule has 1 atom stereocenters. The van der Waals surface area contributed by atoms with Crippen molar-refractivity contribution in [2.75, 3.05) is 19.8 Å². The number of ether oxygens (including phenoxy) is 1. The fraction of sp³-hybridized carbons (Fsp3) is 0.571. The largest absolute Gasteiger partial charge is 0.394 e. The van der Waals surface area contributed by atoms with Gasteiger partial charge in [-0.05, 0) is 19.9 Å². The Morgan fingerprint density at radius 1 is 1.37 bits per heavy atom. The molecule has 3 N–H and O–H groups in total. The van der Waals surface area contributed by atoms with Crippen molar-refractivity contribution >= 4 is 0 Å². The van der Waals surface area contributed by atoms with Crippen molar-refractivity contribution in [3.05, 3.63) is 35.6 Å². The van der Waals surface area contributed by atoms with E-state index in [0.717, 1.165) is 0 Å². The predicted octanol–water partition coefficient (Wildman–Crippen LogP) is 1.06. The molecule has 0 fully saturated rings. The molecular formula is C14H22FNO3. The average Bonchev–Trinajstić information content (AvgIpc) is 2.39. The zero-order valence-electron chi connectivity index (χ0n) is 11.4. The van der Waals surface area contributed by atoms with E-state index >= 15 is 0 Å². The van der Waals surface area contributed by atoms with Gasteiger partial charge in [0, 0.05) is 17.6 Å². The third-order valence-corrected chi connectivity index (χ3v) is 2.74. The summed E-state index contributed by atoms with van der Waals surface area (Å²) in [6.07, 6.45) is -0.697. The second-order valence-corrected chi connectivity index (χ2v) is 5.18. The first-order chi connectivity index (χ1) is 8.94. The zero-order chi connectivity index (χ0) is 14.3. The molecule has 5 heteroatoms. The lowest BCUT2D eigenvalue weighted by molar-refractivity contribution is 0.0227. The molecule has 0 saturated heterocycles. The van der Waals surface area contributed by atoms with Crippen molar-refractivity contribution in [3.63, 3.8) is 0 Å². The Morgan fingerprint density at radius 3 is 2.68 bits per heavy atom. The van der Waals surface area contributed by atoms with Crippen LogP contribution in [0.3, 0.4) is 0 Å². The van der Waals surface area contributed by atoms with Crippen LogP contribution in [0.4, 0.5) is 4.39 Å². The van der Waals surface area contributed by atoms with Gasteiger partial charge in [-0.15, -0.1) is 0 Å². The van der Waals surface area contributed by atoms with Crippen LogP contribution >= 0.6 is 0 Å². The molecule has 1 aromatic rings. The molecule has 0 aromatic heterocycles. The third kappa shape index (κ3) is 6.11. The summed E-state index contributed by atoms with van der Waals surface area (Å²) >= 11 is 0. The molecule has 0 aliphatic heterocycles. The Morgan fingerprint density at radius 2 is 2.05 bits per heavy atom. The SMILES string of the molecule is CC(C)(CO)NCC(O)COCc1ccccc1F. The van der Waals surface area contributed by atoms with Gasteiger partial charge in [-0.25, -0.2) is 4.39 Å². The second-order valence-electron chi connectivity index (χ2n) is 5.18. The molecule has 0 radical (unpaired) electrons. The van der Waals surface area contributed by atoms with E-state index in [-0.39, 0.29) is 25.6 Å². The van der Waals surface area contributed by atoms with Crippen LogP contribution in [0.1, 0.15) is 19.4 Å². The van der Waals surface area contributed by atoms with Gasteiger partial charge in [0.2, 0.25) is 0 Å². The van der Waals surface area contributed by atoms with Crippen molar-refractivity contribution in [2.24, 2.45) is 0 Å². The van der Waals surface area contributed by atoms with Crippen LogP contribution in [-0.2, 0) is 11.3 Å². The van der Waals surface area contributed by atoms with Gasteiger partial charge in [0.1, 0.15) is 5.82 Å². The minimum atomic E-state index is -0.697. The number of nitrogens with one attached hydrogen (secondary N) is 1. The second kappa shape index (κ2) is 7.55. The van der Waals surface area contributed by atoms with Crippen LogP contribution in [0.25, 0.3) is 0 Å². The van der Waals surface area contributed by atoms with E-state index in [9.17, 15) is 9.50 Å². The number of β-amino-alcohol motifs (C(OH)–C–C–N with tert-alkyl or cyclic N) is 1. The Kier molecular flexibility index (Phi) is 6.37. The molecular weight excluding hydrogens is 249 g/mol. The molecule has 0 aliphatic carbocycles. The summed E-state index contributed by atoms with van der Waals surface area (Å²) in [6, 6.07) is 6.38. The van der Waals surface area contributed by atoms with E-state index in [0.29, 0.717) is 12.1 Å². The van der Waals surface area contributed by atoms with E-state index in [4.69, 9.17) is 9.84 Å². The van der Waals surface area contributed by atoms with Crippen molar-refractivity contribution in [1.29, 1.82) is 0 Å². The molecule has 0 aliphatic rings. The van der Waals surface area contributed by atoms with Gasteiger partial charge in [-0.3, -0.25) is 0 Å². The number of rotatable bonds is 8. The van der Waals surface area contributed by atoms with Crippen LogP contribution in [0.5, 0.6) is 0 Å². The highest BCUT2D eigenvalue weighted by Gasteiger charge is 2.17. The molecule has 19 heavy (non-hydrogen) atoms. The molecule has 0 bridgehead atoms. The number of hydrogen-bond donors (Lipinski definition) is 3. The highest BCUT2D eigenvalue weighted by Crippen LogP contribution is 2.07. The van der Waals surface area contributed by atoms with Crippen molar-refractivity contribution in [3.8, 4) is 0 Å². The van der Waals surface area contributed by atoms with Gasteiger partial charge < -0.3 is 20.3 Å². The quantitative estimate of drug-likeness (QED) is 0.662. The molecule has 0 spiro atoms. The zero-order valence-corrected chi connectivity index (χ0v) is 11.4. The first-order valence-corrected chi connectivity index (χ1v) is 6.30. The highest BCUT2D eigenvalue weighted by atomic mass is 19.1. The van der Waals surface area contributed by atoms with Crippen LogP contribution in [0.15, 0.2) is 24.3 Å². The average molecular weight is 271 g/mol. The number of halogens is 1. The topological polar surface area (TPSA) is 61.7 Å². The third-order valence-electron chi connectivity index (χ3n) is 2.74. The molecule has 4 nitrogen and oxygen atoms in total. The number of aliphatic hydroxyl groups is 2. The van der Waals surface area contributed by atoms with Gasteiger partial charge in [-0.2, -0.15) is 0 Å². The van der Waals surface area contributed by atoms with E-state index < -0.39 is 11.6 Å². The maximum Gasteiger partial charge on any atom is 0.128 e. The lowest BCUT2D eigenvalue weighted by Gasteiger charge is -2.25. The maximum atomic E-state index is 13.3. The van der Waals surface area contributed by atoms with Gasteiger partial charge in [0.25, 0.3) is 0 Å². The summed E-state index contributed by atoms with van der Waals surface area (Å²) in [7, 11) is 0. The van der Waals surface area contributed by atoms with Gasteiger partial charge in [0.15, 0.2) is 0 Å². The van der Waals surface area contributed by atoms with Gasteiger partial charge in [0.05, 0.1) is 25.9 Å². The predicted molar refractivity (Wildman–Crippen MR) is 71.2 cm³/mol. The van der Waals surface area contributed by atoms with E-state index in [1.165, 1.54) is 6.07 Å². The van der Waals surface area contributed by atoms with E-state index in [1.807, 2.05) is 13.8 Å². The lowest BCUT2D eigenvalue weighted by Crippen LogP contribution is -2.46. The van der Waals surface area contributed by atoms with Crippen LogP contribution < -0.4 is 5.32 Å².